The molecule has 1 aliphatic heterocycles. The number of fused-ring (bicyclic) bond motifs is 1. The van der Waals surface area contributed by atoms with Crippen LogP contribution < -0.4 is 16.2 Å². The quantitative estimate of drug-likeness (QED) is 0.811. The standard InChI is InChI=1S/C15H16F3N5O2.ClH/c16-15(17,18)10-1-2-14(25)22(8-10)9-13(24)20-6-11-5-12-7-19-3-4-23(12)21-11;/h1-2,5,8,19H,3-4,6-7,9H2,(H,20,24);1H. The number of aromatic nitrogens is 3. The third-order valence-corrected chi connectivity index (χ3v) is 3.81. The van der Waals surface area contributed by atoms with Crippen LogP contribution in [0.15, 0.2) is 29.2 Å². The maximum atomic E-state index is 12.7. The third kappa shape index (κ3) is 4.64. The van der Waals surface area contributed by atoms with Crippen molar-refractivity contribution in [2.24, 2.45) is 0 Å². The van der Waals surface area contributed by atoms with E-state index in [0.717, 1.165) is 29.4 Å². The minimum absolute atomic E-state index is 0. The first-order chi connectivity index (χ1) is 11.8. The summed E-state index contributed by atoms with van der Waals surface area (Å²) < 4.78 is 40.6. The largest absolute Gasteiger partial charge is 0.417 e. The van der Waals surface area contributed by atoms with Crippen LogP contribution in [0.3, 0.4) is 0 Å². The van der Waals surface area contributed by atoms with Gasteiger partial charge >= 0.3 is 6.18 Å². The molecule has 26 heavy (non-hydrogen) atoms. The van der Waals surface area contributed by atoms with Gasteiger partial charge in [-0.3, -0.25) is 14.3 Å². The Morgan fingerprint density at radius 3 is 2.81 bits per heavy atom. The Bertz CT molecular complexity index is 823. The summed E-state index contributed by atoms with van der Waals surface area (Å²) in [6.07, 6.45) is -3.93. The summed E-state index contributed by atoms with van der Waals surface area (Å²) in [5.41, 5.74) is 0.00823. The van der Waals surface area contributed by atoms with Crippen LogP contribution in [-0.2, 0) is 37.1 Å². The molecule has 0 radical (unpaired) electrons. The van der Waals surface area contributed by atoms with E-state index in [1.165, 1.54) is 0 Å². The summed E-state index contributed by atoms with van der Waals surface area (Å²) in [6, 6.07) is 3.34. The zero-order chi connectivity index (χ0) is 18.0. The molecule has 0 saturated carbocycles. The number of halogens is 4. The lowest BCUT2D eigenvalue weighted by atomic mass is 10.2. The Hall–Kier alpha value is -2.33. The highest BCUT2D eigenvalue weighted by atomic mass is 35.5. The fraction of sp³-hybridized carbons (Fsp3) is 0.400. The molecule has 2 aromatic rings. The molecule has 3 heterocycles. The zero-order valence-electron chi connectivity index (χ0n) is 13.5. The van der Waals surface area contributed by atoms with Gasteiger partial charge in [0.1, 0.15) is 6.54 Å². The predicted molar refractivity (Wildman–Crippen MR) is 88.7 cm³/mol. The molecule has 1 amide bonds. The van der Waals surface area contributed by atoms with E-state index in [1.54, 1.807) is 0 Å². The van der Waals surface area contributed by atoms with Gasteiger partial charge in [0.2, 0.25) is 5.91 Å². The van der Waals surface area contributed by atoms with Crippen molar-refractivity contribution in [3.8, 4) is 0 Å². The minimum Gasteiger partial charge on any atom is -0.349 e. The van der Waals surface area contributed by atoms with Crippen molar-refractivity contribution >= 4 is 18.3 Å². The third-order valence-electron chi connectivity index (χ3n) is 3.81. The number of alkyl halides is 3. The van der Waals surface area contributed by atoms with Crippen molar-refractivity contribution in [2.75, 3.05) is 6.54 Å². The van der Waals surface area contributed by atoms with Gasteiger partial charge in [0.05, 0.1) is 30.0 Å². The molecule has 0 unspecified atom stereocenters. The number of hydrogen-bond acceptors (Lipinski definition) is 4. The average Bonchev–Trinajstić information content (AvgIpc) is 2.97. The molecule has 0 fully saturated rings. The predicted octanol–water partition coefficient (Wildman–Crippen LogP) is 0.905. The molecular weight excluding hydrogens is 375 g/mol. The summed E-state index contributed by atoms with van der Waals surface area (Å²) >= 11 is 0. The Balaban J connectivity index is 0.00000243. The van der Waals surface area contributed by atoms with Crippen molar-refractivity contribution in [1.29, 1.82) is 0 Å². The Morgan fingerprint density at radius 2 is 2.12 bits per heavy atom. The molecule has 2 N–H and O–H groups in total. The second kappa shape index (κ2) is 7.92. The summed E-state index contributed by atoms with van der Waals surface area (Å²) in [5, 5.41) is 10.1. The normalized spacial score (nSPS) is 13.7. The number of nitrogens with zero attached hydrogens (tertiary/aromatic N) is 3. The number of carbonyl (C=O) groups is 1. The molecule has 11 heteroatoms. The molecule has 0 aromatic carbocycles. The van der Waals surface area contributed by atoms with Gasteiger partial charge in [0.15, 0.2) is 0 Å². The van der Waals surface area contributed by atoms with E-state index in [-0.39, 0.29) is 19.0 Å². The fourth-order valence-corrected chi connectivity index (χ4v) is 2.56. The van der Waals surface area contributed by atoms with E-state index in [4.69, 9.17) is 0 Å². The lowest BCUT2D eigenvalue weighted by molar-refractivity contribution is -0.138. The number of rotatable bonds is 4. The number of carbonyl (C=O) groups excluding carboxylic acids is 1. The molecule has 1 aliphatic rings. The SMILES string of the molecule is Cl.O=C(Cn1cc(C(F)(F)F)ccc1=O)NCc1cc2n(n1)CCNC2. The Kier molecular flexibility index (Phi) is 6.09. The molecule has 2 aromatic heterocycles. The summed E-state index contributed by atoms with van der Waals surface area (Å²) in [4.78, 5) is 23.6. The molecule has 7 nitrogen and oxygen atoms in total. The molecule has 0 spiro atoms. The maximum absolute atomic E-state index is 12.7. The highest BCUT2D eigenvalue weighted by Crippen LogP contribution is 2.27. The minimum atomic E-state index is -4.57. The van der Waals surface area contributed by atoms with E-state index >= 15 is 0 Å². The molecule has 0 bridgehead atoms. The van der Waals surface area contributed by atoms with Crippen molar-refractivity contribution in [3.63, 3.8) is 0 Å². The van der Waals surface area contributed by atoms with Crippen LogP contribution in [0.2, 0.25) is 0 Å². The summed E-state index contributed by atoms with van der Waals surface area (Å²) in [7, 11) is 0. The van der Waals surface area contributed by atoms with Gasteiger partial charge in [0.25, 0.3) is 5.56 Å². The van der Waals surface area contributed by atoms with E-state index in [9.17, 15) is 22.8 Å². The van der Waals surface area contributed by atoms with Crippen LogP contribution in [-0.4, -0.2) is 26.8 Å². The smallest absolute Gasteiger partial charge is 0.349 e. The van der Waals surface area contributed by atoms with Crippen molar-refractivity contribution < 1.29 is 18.0 Å². The van der Waals surface area contributed by atoms with E-state index < -0.39 is 29.8 Å². The van der Waals surface area contributed by atoms with Gasteiger partial charge < -0.3 is 15.2 Å². The molecule has 0 saturated heterocycles. The van der Waals surface area contributed by atoms with Gasteiger partial charge in [-0.1, -0.05) is 0 Å². The monoisotopic (exact) mass is 391 g/mol. The average molecular weight is 392 g/mol. The van der Waals surface area contributed by atoms with Crippen molar-refractivity contribution in [1.82, 2.24) is 25.0 Å². The van der Waals surface area contributed by atoms with E-state index in [1.807, 2.05) is 10.7 Å². The number of hydrogen-bond donors (Lipinski definition) is 2. The van der Waals surface area contributed by atoms with Gasteiger partial charge in [-0.25, -0.2) is 0 Å². The van der Waals surface area contributed by atoms with Crippen molar-refractivity contribution in [2.45, 2.75) is 32.4 Å². The zero-order valence-corrected chi connectivity index (χ0v) is 14.4. The summed E-state index contributed by atoms with van der Waals surface area (Å²) in [5.74, 6) is -0.564. The van der Waals surface area contributed by atoms with Gasteiger partial charge in [-0.05, 0) is 12.1 Å². The Labute approximate surface area is 152 Å². The fourth-order valence-electron chi connectivity index (χ4n) is 2.56. The second-order valence-corrected chi connectivity index (χ2v) is 5.69. The van der Waals surface area contributed by atoms with Crippen molar-refractivity contribution in [3.05, 3.63) is 51.7 Å². The summed E-state index contributed by atoms with van der Waals surface area (Å²) in [6.45, 7) is 1.91. The Morgan fingerprint density at radius 1 is 1.35 bits per heavy atom. The van der Waals surface area contributed by atoms with Crippen LogP contribution >= 0.6 is 12.4 Å². The second-order valence-electron chi connectivity index (χ2n) is 5.69. The number of amides is 1. The van der Waals surface area contributed by atoms with Crippen LogP contribution in [0.5, 0.6) is 0 Å². The molecular formula is C15H17ClF3N5O2. The highest BCUT2D eigenvalue weighted by molar-refractivity contribution is 5.85. The van der Waals surface area contributed by atoms with Crippen LogP contribution in [0, 0.1) is 0 Å². The van der Waals surface area contributed by atoms with Crippen LogP contribution in [0.25, 0.3) is 0 Å². The van der Waals surface area contributed by atoms with Gasteiger partial charge in [0, 0.05) is 25.4 Å². The van der Waals surface area contributed by atoms with Gasteiger partial charge in [-0.15, -0.1) is 12.4 Å². The molecule has 3 rings (SSSR count). The molecule has 142 valence electrons. The van der Waals surface area contributed by atoms with Gasteiger partial charge in [-0.2, -0.15) is 18.3 Å². The topological polar surface area (TPSA) is 81.0 Å². The first-order valence-corrected chi connectivity index (χ1v) is 7.63. The first-order valence-electron chi connectivity index (χ1n) is 7.63. The highest BCUT2D eigenvalue weighted by Gasteiger charge is 2.31. The molecule has 0 aliphatic carbocycles. The van der Waals surface area contributed by atoms with Crippen LogP contribution in [0.1, 0.15) is 17.0 Å². The first kappa shape index (κ1) is 20.0. The number of pyridine rings is 1. The maximum Gasteiger partial charge on any atom is 0.417 e. The lowest BCUT2D eigenvalue weighted by Crippen LogP contribution is -2.32. The lowest BCUT2D eigenvalue weighted by Gasteiger charge is -2.13. The van der Waals surface area contributed by atoms with Crippen LogP contribution in [0.4, 0.5) is 13.2 Å². The molecule has 0 atom stereocenters. The van der Waals surface area contributed by atoms with E-state index in [0.29, 0.717) is 24.5 Å². The van der Waals surface area contributed by atoms with E-state index in [2.05, 4.69) is 15.7 Å². The number of nitrogens with one attached hydrogen (secondary N) is 2.